The van der Waals surface area contributed by atoms with Gasteiger partial charge in [0, 0.05) is 48.3 Å². The Hall–Kier alpha value is -3.00. The SMILES string of the molecule is CCN(CC)c1cccc(C)c1-c1c(C)cccc1NC(=O)SCC(NC(C)=O)C(=O)O. The van der Waals surface area contributed by atoms with Crippen LogP contribution < -0.4 is 15.5 Å². The van der Waals surface area contributed by atoms with Crippen LogP contribution in [0.15, 0.2) is 36.4 Å². The molecule has 2 aromatic rings. The third-order valence-corrected chi connectivity index (χ3v) is 6.04. The molecule has 32 heavy (non-hydrogen) atoms. The van der Waals surface area contributed by atoms with Gasteiger partial charge in [0.2, 0.25) is 5.91 Å². The van der Waals surface area contributed by atoms with Gasteiger partial charge in [-0.3, -0.25) is 9.59 Å². The summed E-state index contributed by atoms with van der Waals surface area (Å²) in [5, 5.41) is 14.1. The number of nitrogens with zero attached hydrogens (tertiary/aromatic N) is 1. The Balaban J connectivity index is 2.37. The monoisotopic (exact) mass is 457 g/mol. The molecule has 0 spiro atoms. The molecule has 0 bridgehead atoms. The molecule has 1 atom stereocenters. The second-order valence-electron chi connectivity index (χ2n) is 7.45. The van der Waals surface area contributed by atoms with E-state index in [4.69, 9.17) is 0 Å². The van der Waals surface area contributed by atoms with Gasteiger partial charge in [-0.2, -0.15) is 0 Å². The summed E-state index contributed by atoms with van der Waals surface area (Å²) in [6, 6.07) is 10.8. The van der Waals surface area contributed by atoms with Crippen LogP contribution in [0.5, 0.6) is 0 Å². The van der Waals surface area contributed by atoms with Gasteiger partial charge in [-0.05, 0) is 51.0 Å². The number of aliphatic carboxylic acids is 1. The van der Waals surface area contributed by atoms with Gasteiger partial charge in [0.1, 0.15) is 6.04 Å². The molecule has 1 unspecified atom stereocenters. The first kappa shape index (κ1) is 25.3. The smallest absolute Gasteiger partial charge is 0.327 e. The number of carbonyl (C=O) groups excluding carboxylic acids is 2. The van der Waals surface area contributed by atoms with Crippen molar-refractivity contribution >= 4 is 40.3 Å². The summed E-state index contributed by atoms with van der Waals surface area (Å²) in [5.41, 5.74) is 5.90. The molecule has 2 amide bonds. The summed E-state index contributed by atoms with van der Waals surface area (Å²) in [6.45, 7) is 11.2. The van der Waals surface area contributed by atoms with Gasteiger partial charge in [0.15, 0.2) is 0 Å². The quantitative estimate of drug-likeness (QED) is 0.506. The van der Waals surface area contributed by atoms with Crippen molar-refractivity contribution in [3.05, 3.63) is 47.5 Å². The molecule has 0 aromatic heterocycles. The fourth-order valence-electron chi connectivity index (χ4n) is 3.63. The Kier molecular flexibility index (Phi) is 9.13. The molecular formula is C24H31N3O4S. The highest BCUT2D eigenvalue weighted by Crippen LogP contribution is 2.40. The largest absolute Gasteiger partial charge is 0.480 e. The molecule has 8 heteroatoms. The molecule has 0 aliphatic carbocycles. The average Bonchev–Trinajstić information content (AvgIpc) is 2.73. The van der Waals surface area contributed by atoms with Gasteiger partial charge >= 0.3 is 5.97 Å². The predicted octanol–water partition coefficient (Wildman–Crippen LogP) is 4.67. The molecule has 0 radical (unpaired) electrons. The number of rotatable bonds is 9. The molecule has 2 rings (SSSR count). The summed E-state index contributed by atoms with van der Waals surface area (Å²) in [7, 11) is 0. The van der Waals surface area contributed by atoms with E-state index in [1.807, 2.05) is 31.2 Å². The number of hydrogen-bond acceptors (Lipinski definition) is 5. The lowest BCUT2D eigenvalue weighted by Crippen LogP contribution is -2.41. The van der Waals surface area contributed by atoms with Crippen LogP contribution >= 0.6 is 11.8 Å². The Morgan fingerprint density at radius 2 is 1.59 bits per heavy atom. The van der Waals surface area contributed by atoms with E-state index in [0.717, 1.165) is 52.8 Å². The second kappa shape index (κ2) is 11.6. The number of benzene rings is 2. The van der Waals surface area contributed by atoms with Crippen molar-refractivity contribution in [1.82, 2.24) is 5.32 Å². The summed E-state index contributed by atoms with van der Waals surface area (Å²) in [5.74, 6) is -1.71. The molecule has 0 saturated heterocycles. The Labute approximate surface area is 193 Å². The fourth-order valence-corrected chi connectivity index (χ4v) is 4.36. The average molecular weight is 458 g/mol. The van der Waals surface area contributed by atoms with Crippen molar-refractivity contribution < 1.29 is 19.5 Å². The van der Waals surface area contributed by atoms with Gasteiger partial charge < -0.3 is 20.6 Å². The van der Waals surface area contributed by atoms with Crippen molar-refractivity contribution in [3.8, 4) is 11.1 Å². The van der Waals surface area contributed by atoms with Crippen molar-refractivity contribution in [3.63, 3.8) is 0 Å². The Morgan fingerprint density at radius 3 is 2.16 bits per heavy atom. The molecule has 0 fully saturated rings. The topological polar surface area (TPSA) is 98.7 Å². The van der Waals surface area contributed by atoms with E-state index in [1.54, 1.807) is 0 Å². The van der Waals surface area contributed by atoms with Crippen LogP contribution in [0.4, 0.5) is 16.2 Å². The highest BCUT2D eigenvalue weighted by atomic mass is 32.2. The molecule has 0 saturated carbocycles. The number of amides is 2. The van der Waals surface area contributed by atoms with E-state index < -0.39 is 17.9 Å². The van der Waals surface area contributed by atoms with E-state index in [1.165, 1.54) is 6.92 Å². The number of anilines is 2. The van der Waals surface area contributed by atoms with Crippen molar-refractivity contribution in [2.24, 2.45) is 0 Å². The normalized spacial score (nSPS) is 11.5. The minimum absolute atomic E-state index is 0.0725. The number of nitrogens with one attached hydrogen (secondary N) is 2. The van der Waals surface area contributed by atoms with Crippen LogP contribution in [-0.2, 0) is 9.59 Å². The maximum Gasteiger partial charge on any atom is 0.327 e. The summed E-state index contributed by atoms with van der Waals surface area (Å²) in [4.78, 5) is 37.5. The molecular weight excluding hydrogens is 426 g/mol. The molecule has 2 aromatic carbocycles. The molecule has 0 aliphatic heterocycles. The van der Waals surface area contributed by atoms with Crippen LogP contribution in [0.2, 0.25) is 0 Å². The van der Waals surface area contributed by atoms with Gasteiger partial charge in [-0.15, -0.1) is 0 Å². The van der Waals surface area contributed by atoms with Crippen LogP contribution in [0.25, 0.3) is 11.1 Å². The number of hydrogen-bond donors (Lipinski definition) is 3. The zero-order valence-electron chi connectivity index (χ0n) is 19.2. The molecule has 0 heterocycles. The van der Waals surface area contributed by atoms with Crippen molar-refractivity contribution in [2.45, 2.75) is 40.7 Å². The zero-order valence-corrected chi connectivity index (χ0v) is 20.0. The molecule has 7 nitrogen and oxygen atoms in total. The third kappa shape index (κ3) is 6.26. The van der Waals surface area contributed by atoms with Gasteiger partial charge in [0.25, 0.3) is 5.24 Å². The maximum absolute atomic E-state index is 12.7. The Bertz CT molecular complexity index is 989. The van der Waals surface area contributed by atoms with E-state index in [-0.39, 0.29) is 11.0 Å². The lowest BCUT2D eigenvalue weighted by Gasteiger charge is -2.27. The van der Waals surface area contributed by atoms with E-state index >= 15 is 0 Å². The third-order valence-electron chi connectivity index (χ3n) is 5.17. The van der Waals surface area contributed by atoms with Gasteiger partial charge in [-0.1, -0.05) is 36.0 Å². The first-order valence-corrected chi connectivity index (χ1v) is 11.6. The zero-order chi connectivity index (χ0) is 23.8. The molecule has 3 N–H and O–H groups in total. The molecule has 0 aliphatic rings. The van der Waals surface area contributed by atoms with Crippen LogP contribution in [0.3, 0.4) is 0 Å². The maximum atomic E-state index is 12.7. The number of carbonyl (C=O) groups is 3. The summed E-state index contributed by atoms with van der Waals surface area (Å²) in [6.07, 6.45) is 0. The van der Waals surface area contributed by atoms with Gasteiger partial charge in [-0.25, -0.2) is 4.79 Å². The standard InChI is InChI=1S/C24H31N3O4S/c1-6-27(7-2)20-13-9-11-16(4)22(20)21-15(3)10-8-12-18(21)26-24(31)32-14-19(23(29)30)25-17(5)28/h8-13,19H,6-7,14H2,1-5H3,(H,25,28)(H,26,31)(H,29,30). The first-order chi connectivity index (χ1) is 15.2. The number of carboxylic acid groups (broad SMARTS) is 1. The minimum Gasteiger partial charge on any atom is -0.480 e. The Morgan fingerprint density at radius 1 is 1.00 bits per heavy atom. The van der Waals surface area contributed by atoms with E-state index in [2.05, 4.69) is 48.4 Å². The van der Waals surface area contributed by atoms with Crippen LogP contribution in [0.1, 0.15) is 31.9 Å². The lowest BCUT2D eigenvalue weighted by atomic mass is 9.92. The minimum atomic E-state index is -1.18. The van der Waals surface area contributed by atoms with Crippen molar-refractivity contribution in [1.29, 1.82) is 0 Å². The predicted molar refractivity (Wildman–Crippen MR) is 132 cm³/mol. The van der Waals surface area contributed by atoms with E-state index in [9.17, 15) is 19.5 Å². The number of thioether (sulfide) groups is 1. The number of carboxylic acids is 1. The highest BCUT2D eigenvalue weighted by molar-refractivity contribution is 8.13. The van der Waals surface area contributed by atoms with Crippen molar-refractivity contribution in [2.75, 3.05) is 29.1 Å². The number of aryl methyl sites for hydroxylation is 2. The fraction of sp³-hybridized carbons (Fsp3) is 0.375. The summed E-state index contributed by atoms with van der Waals surface area (Å²) >= 11 is 0.827. The second-order valence-corrected chi connectivity index (χ2v) is 8.45. The first-order valence-electron chi connectivity index (χ1n) is 10.6. The van der Waals surface area contributed by atoms with Gasteiger partial charge in [0.05, 0.1) is 0 Å². The lowest BCUT2D eigenvalue weighted by molar-refractivity contribution is -0.140. The summed E-state index contributed by atoms with van der Waals surface area (Å²) < 4.78 is 0. The van der Waals surface area contributed by atoms with Crippen LogP contribution in [-0.4, -0.2) is 47.1 Å². The van der Waals surface area contributed by atoms with E-state index in [0.29, 0.717) is 5.69 Å². The van der Waals surface area contributed by atoms with Crippen LogP contribution in [0, 0.1) is 13.8 Å². The highest BCUT2D eigenvalue weighted by Gasteiger charge is 2.22. The molecule has 172 valence electrons.